The molecule has 1 aromatic heterocycles. The zero-order chi connectivity index (χ0) is 11.5. The van der Waals surface area contributed by atoms with Crippen molar-refractivity contribution in [2.75, 3.05) is 7.05 Å². The van der Waals surface area contributed by atoms with E-state index in [1.807, 2.05) is 13.1 Å². The lowest BCUT2D eigenvalue weighted by molar-refractivity contribution is 0.795. The summed E-state index contributed by atoms with van der Waals surface area (Å²) < 4.78 is 1.09. The van der Waals surface area contributed by atoms with Crippen LogP contribution >= 0.6 is 27.3 Å². The maximum Gasteiger partial charge on any atom is 0.148 e. The van der Waals surface area contributed by atoms with Gasteiger partial charge < -0.3 is 5.32 Å². The van der Waals surface area contributed by atoms with Gasteiger partial charge in [0.2, 0.25) is 0 Å². The SMILES string of the molecule is CNCc1nnc(-c2ccc(Br)cc2C)s1. The molecule has 16 heavy (non-hydrogen) atoms. The van der Waals surface area contributed by atoms with Gasteiger partial charge in [-0.2, -0.15) is 0 Å². The molecule has 0 fully saturated rings. The third-order valence-corrected chi connectivity index (χ3v) is 3.66. The maximum atomic E-state index is 4.21. The van der Waals surface area contributed by atoms with E-state index in [4.69, 9.17) is 0 Å². The zero-order valence-electron chi connectivity index (χ0n) is 9.12. The van der Waals surface area contributed by atoms with Gasteiger partial charge in [0.1, 0.15) is 10.0 Å². The van der Waals surface area contributed by atoms with E-state index in [1.165, 1.54) is 5.56 Å². The molecule has 0 unspecified atom stereocenters. The van der Waals surface area contributed by atoms with Crippen LogP contribution in [0.1, 0.15) is 10.6 Å². The summed E-state index contributed by atoms with van der Waals surface area (Å²) in [5, 5.41) is 13.4. The molecule has 3 nitrogen and oxygen atoms in total. The second kappa shape index (κ2) is 5.03. The van der Waals surface area contributed by atoms with Crippen molar-refractivity contribution in [3.8, 4) is 10.6 Å². The molecule has 0 atom stereocenters. The standard InChI is InChI=1S/C11H12BrN3S/c1-7-5-8(12)3-4-9(7)11-15-14-10(16-11)6-13-2/h3-5,13H,6H2,1-2H3. The molecule has 84 valence electrons. The van der Waals surface area contributed by atoms with E-state index in [-0.39, 0.29) is 0 Å². The van der Waals surface area contributed by atoms with Gasteiger partial charge in [0.25, 0.3) is 0 Å². The topological polar surface area (TPSA) is 37.8 Å². The number of nitrogens with zero attached hydrogens (tertiary/aromatic N) is 2. The lowest BCUT2D eigenvalue weighted by atomic mass is 10.1. The van der Waals surface area contributed by atoms with Crippen LogP contribution in [-0.2, 0) is 6.54 Å². The minimum absolute atomic E-state index is 0.771. The fourth-order valence-electron chi connectivity index (χ4n) is 1.45. The molecule has 0 saturated heterocycles. The third kappa shape index (κ3) is 2.48. The minimum Gasteiger partial charge on any atom is -0.313 e. The molecule has 0 spiro atoms. The van der Waals surface area contributed by atoms with Crippen molar-refractivity contribution in [2.45, 2.75) is 13.5 Å². The monoisotopic (exact) mass is 297 g/mol. The Labute approximate surface area is 107 Å². The molecule has 0 radical (unpaired) electrons. The van der Waals surface area contributed by atoms with Crippen molar-refractivity contribution < 1.29 is 0 Å². The quantitative estimate of drug-likeness (QED) is 0.946. The van der Waals surface area contributed by atoms with Crippen LogP contribution in [0.2, 0.25) is 0 Å². The van der Waals surface area contributed by atoms with Crippen molar-refractivity contribution in [1.29, 1.82) is 0 Å². The molecule has 2 aromatic rings. The van der Waals surface area contributed by atoms with E-state index in [0.717, 1.165) is 26.6 Å². The van der Waals surface area contributed by atoms with Gasteiger partial charge in [-0.05, 0) is 31.7 Å². The molecule has 0 amide bonds. The van der Waals surface area contributed by atoms with E-state index in [0.29, 0.717) is 0 Å². The maximum absolute atomic E-state index is 4.21. The molecule has 1 N–H and O–H groups in total. The van der Waals surface area contributed by atoms with Gasteiger partial charge in [0.15, 0.2) is 0 Å². The summed E-state index contributed by atoms with van der Waals surface area (Å²) >= 11 is 5.09. The molecule has 1 aromatic carbocycles. The minimum atomic E-state index is 0.771. The largest absolute Gasteiger partial charge is 0.313 e. The first kappa shape index (κ1) is 11.7. The van der Waals surface area contributed by atoms with Crippen molar-refractivity contribution in [3.05, 3.63) is 33.2 Å². The lowest BCUT2D eigenvalue weighted by Crippen LogP contribution is -2.04. The molecule has 0 aliphatic rings. The van der Waals surface area contributed by atoms with Gasteiger partial charge in [-0.25, -0.2) is 0 Å². The molecule has 5 heteroatoms. The highest BCUT2D eigenvalue weighted by Gasteiger charge is 2.08. The Balaban J connectivity index is 2.35. The normalized spacial score (nSPS) is 10.7. The molecular formula is C11H12BrN3S. The summed E-state index contributed by atoms with van der Waals surface area (Å²) in [6.45, 7) is 2.85. The van der Waals surface area contributed by atoms with Crippen LogP contribution in [0.3, 0.4) is 0 Å². The molecule has 0 saturated carbocycles. The van der Waals surface area contributed by atoms with Gasteiger partial charge in [0.05, 0.1) is 0 Å². The van der Waals surface area contributed by atoms with Crippen LogP contribution in [0.5, 0.6) is 0 Å². The van der Waals surface area contributed by atoms with Crippen molar-refractivity contribution in [3.63, 3.8) is 0 Å². The van der Waals surface area contributed by atoms with Gasteiger partial charge in [-0.3, -0.25) is 0 Å². The van der Waals surface area contributed by atoms with Gasteiger partial charge in [-0.1, -0.05) is 33.3 Å². The number of hydrogen-bond acceptors (Lipinski definition) is 4. The smallest absolute Gasteiger partial charge is 0.148 e. The Morgan fingerprint density at radius 2 is 2.19 bits per heavy atom. The fraction of sp³-hybridized carbons (Fsp3) is 0.273. The second-order valence-corrected chi connectivity index (χ2v) is 5.47. The van der Waals surface area contributed by atoms with E-state index >= 15 is 0 Å². The van der Waals surface area contributed by atoms with Crippen LogP contribution in [-0.4, -0.2) is 17.2 Å². The summed E-state index contributed by atoms with van der Waals surface area (Å²) in [6.07, 6.45) is 0. The molecule has 0 bridgehead atoms. The first-order valence-electron chi connectivity index (χ1n) is 4.94. The van der Waals surface area contributed by atoms with E-state index < -0.39 is 0 Å². The van der Waals surface area contributed by atoms with Crippen LogP contribution in [0.15, 0.2) is 22.7 Å². The first-order valence-corrected chi connectivity index (χ1v) is 6.55. The summed E-state index contributed by atoms with van der Waals surface area (Å²) in [5.41, 5.74) is 2.37. The van der Waals surface area contributed by atoms with Crippen LogP contribution in [0, 0.1) is 6.92 Å². The molecule has 0 aliphatic heterocycles. The third-order valence-electron chi connectivity index (χ3n) is 2.21. The van der Waals surface area contributed by atoms with Gasteiger partial charge >= 0.3 is 0 Å². The number of rotatable bonds is 3. The predicted molar refractivity (Wildman–Crippen MR) is 70.5 cm³/mol. The highest BCUT2D eigenvalue weighted by atomic mass is 79.9. The second-order valence-electron chi connectivity index (χ2n) is 3.49. The average molecular weight is 298 g/mol. The molecule has 0 aliphatic carbocycles. The summed E-state index contributed by atoms with van der Waals surface area (Å²) in [5.74, 6) is 0. The summed E-state index contributed by atoms with van der Waals surface area (Å²) in [7, 11) is 1.91. The number of nitrogens with one attached hydrogen (secondary N) is 1. The van der Waals surface area contributed by atoms with Crippen LogP contribution in [0.25, 0.3) is 10.6 Å². The summed E-state index contributed by atoms with van der Waals surface area (Å²) in [6, 6.07) is 6.19. The highest BCUT2D eigenvalue weighted by Crippen LogP contribution is 2.28. The number of aromatic nitrogens is 2. The summed E-state index contributed by atoms with van der Waals surface area (Å²) in [4.78, 5) is 0. The Morgan fingerprint density at radius 3 is 2.88 bits per heavy atom. The van der Waals surface area contributed by atoms with Crippen molar-refractivity contribution >= 4 is 27.3 Å². The van der Waals surface area contributed by atoms with Crippen LogP contribution in [0.4, 0.5) is 0 Å². The Kier molecular flexibility index (Phi) is 3.68. The van der Waals surface area contributed by atoms with Gasteiger partial charge in [0, 0.05) is 16.6 Å². The zero-order valence-corrected chi connectivity index (χ0v) is 11.5. The molecule has 1 heterocycles. The lowest BCUT2D eigenvalue weighted by Gasteiger charge is -2.01. The van der Waals surface area contributed by atoms with Crippen molar-refractivity contribution in [2.24, 2.45) is 0 Å². The molecule has 2 rings (SSSR count). The van der Waals surface area contributed by atoms with E-state index in [9.17, 15) is 0 Å². The number of halogens is 1. The van der Waals surface area contributed by atoms with E-state index in [1.54, 1.807) is 11.3 Å². The number of benzene rings is 1. The fourth-order valence-corrected chi connectivity index (χ4v) is 2.87. The first-order chi connectivity index (χ1) is 7.70. The highest BCUT2D eigenvalue weighted by molar-refractivity contribution is 9.10. The molecular weight excluding hydrogens is 286 g/mol. The van der Waals surface area contributed by atoms with Gasteiger partial charge in [-0.15, -0.1) is 10.2 Å². The predicted octanol–water partition coefficient (Wildman–Crippen LogP) is 3.00. The number of hydrogen-bond donors (Lipinski definition) is 1. The Hall–Kier alpha value is -0.780. The van der Waals surface area contributed by atoms with Crippen molar-refractivity contribution in [1.82, 2.24) is 15.5 Å². The average Bonchev–Trinajstić information content (AvgIpc) is 2.67. The Morgan fingerprint density at radius 1 is 1.38 bits per heavy atom. The van der Waals surface area contributed by atoms with E-state index in [2.05, 4.69) is 50.5 Å². The van der Waals surface area contributed by atoms with Crippen LogP contribution < -0.4 is 5.32 Å². The Bertz CT molecular complexity index is 496. The number of aryl methyl sites for hydroxylation is 1.